The molecular formula is C18H19FN2O5S2. The average molecular weight is 426 g/mol. The Bertz CT molecular complexity index is 1050. The fourth-order valence-electron chi connectivity index (χ4n) is 2.96. The first-order chi connectivity index (χ1) is 13.2. The van der Waals surface area contributed by atoms with Gasteiger partial charge in [-0.05, 0) is 42.8 Å². The van der Waals surface area contributed by atoms with Crippen LogP contribution in [-0.2, 0) is 24.7 Å². The number of nitrogens with one attached hydrogen (secondary N) is 1. The Balaban J connectivity index is 1.86. The van der Waals surface area contributed by atoms with E-state index in [2.05, 4.69) is 5.32 Å². The van der Waals surface area contributed by atoms with Crippen LogP contribution in [0.4, 0.5) is 10.1 Å². The molecule has 1 fully saturated rings. The maximum atomic E-state index is 13.2. The van der Waals surface area contributed by atoms with Gasteiger partial charge in [-0.25, -0.2) is 21.2 Å². The summed E-state index contributed by atoms with van der Waals surface area (Å²) in [6.45, 7) is -0.528. The molecule has 1 heterocycles. The lowest BCUT2D eigenvalue weighted by Gasteiger charge is -2.24. The largest absolute Gasteiger partial charge is 0.351 e. The van der Waals surface area contributed by atoms with Gasteiger partial charge >= 0.3 is 0 Å². The Morgan fingerprint density at radius 1 is 1.11 bits per heavy atom. The Morgan fingerprint density at radius 3 is 2.32 bits per heavy atom. The number of halogens is 1. The normalized spacial score (nSPS) is 18.5. The molecule has 10 heteroatoms. The van der Waals surface area contributed by atoms with Crippen molar-refractivity contribution in [1.82, 2.24) is 5.32 Å². The molecule has 0 bridgehead atoms. The minimum Gasteiger partial charge on any atom is -0.351 e. The molecule has 3 rings (SSSR count). The summed E-state index contributed by atoms with van der Waals surface area (Å²) in [5.41, 5.74) is 0.265. The van der Waals surface area contributed by atoms with Crippen molar-refractivity contribution in [3.05, 3.63) is 60.4 Å². The minimum absolute atomic E-state index is 0.00573. The van der Waals surface area contributed by atoms with Gasteiger partial charge in [0, 0.05) is 6.04 Å². The van der Waals surface area contributed by atoms with E-state index in [0.717, 1.165) is 28.6 Å². The summed E-state index contributed by atoms with van der Waals surface area (Å²) < 4.78 is 63.3. The summed E-state index contributed by atoms with van der Waals surface area (Å²) in [4.78, 5) is 12.3. The second-order valence-electron chi connectivity index (χ2n) is 6.47. The van der Waals surface area contributed by atoms with Crippen LogP contribution < -0.4 is 9.62 Å². The third kappa shape index (κ3) is 4.68. The van der Waals surface area contributed by atoms with E-state index in [0.29, 0.717) is 6.42 Å². The molecule has 150 valence electrons. The van der Waals surface area contributed by atoms with E-state index in [1.165, 1.54) is 12.1 Å². The zero-order valence-electron chi connectivity index (χ0n) is 14.8. The van der Waals surface area contributed by atoms with Crippen LogP contribution in [0.1, 0.15) is 6.42 Å². The van der Waals surface area contributed by atoms with E-state index in [1.807, 2.05) is 0 Å². The third-order valence-corrected chi connectivity index (χ3v) is 7.89. The summed E-state index contributed by atoms with van der Waals surface area (Å²) in [5, 5.41) is 2.58. The second-order valence-corrected chi connectivity index (χ2v) is 10.6. The lowest BCUT2D eigenvalue weighted by molar-refractivity contribution is -0.120. The van der Waals surface area contributed by atoms with Crippen molar-refractivity contribution in [2.45, 2.75) is 17.4 Å². The number of sulfonamides is 1. The van der Waals surface area contributed by atoms with Gasteiger partial charge in [-0.2, -0.15) is 0 Å². The van der Waals surface area contributed by atoms with E-state index in [1.54, 1.807) is 18.2 Å². The maximum Gasteiger partial charge on any atom is 0.264 e. The van der Waals surface area contributed by atoms with Crippen molar-refractivity contribution in [3.63, 3.8) is 0 Å². The number of para-hydroxylation sites is 1. The minimum atomic E-state index is -4.13. The summed E-state index contributed by atoms with van der Waals surface area (Å²) in [5.74, 6) is -1.36. The summed E-state index contributed by atoms with van der Waals surface area (Å²) in [7, 11) is -7.31. The van der Waals surface area contributed by atoms with Crippen LogP contribution >= 0.6 is 0 Å². The van der Waals surface area contributed by atoms with E-state index < -0.39 is 44.2 Å². The van der Waals surface area contributed by atoms with Crippen LogP contribution in [0.5, 0.6) is 0 Å². The van der Waals surface area contributed by atoms with Gasteiger partial charge in [-0.1, -0.05) is 18.2 Å². The van der Waals surface area contributed by atoms with Gasteiger partial charge in [0.1, 0.15) is 12.4 Å². The first kappa shape index (κ1) is 20.3. The standard InChI is InChI=1S/C18H19FN2O5S2/c19-14-6-8-17(9-7-14)28(25,26)21(16-4-2-1-3-5-16)12-18(22)20-15-10-11-27(23,24)13-15/h1-9,15H,10-13H2,(H,20,22)/t15-/m0/s1. The van der Waals surface area contributed by atoms with E-state index >= 15 is 0 Å². The summed E-state index contributed by atoms with van der Waals surface area (Å²) in [6, 6.07) is 11.8. The molecule has 0 spiro atoms. The average Bonchev–Trinajstić information content (AvgIpc) is 2.99. The third-order valence-electron chi connectivity index (χ3n) is 4.33. The fourth-order valence-corrected chi connectivity index (χ4v) is 6.05. The number of hydrogen-bond donors (Lipinski definition) is 1. The molecular weight excluding hydrogens is 407 g/mol. The lowest BCUT2D eigenvalue weighted by atomic mass is 10.2. The van der Waals surface area contributed by atoms with E-state index in [9.17, 15) is 26.0 Å². The van der Waals surface area contributed by atoms with Gasteiger partial charge in [0.15, 0.2) is 9.84 Å². The summed E-state index contributed by atoms with van der Waals surface area (Å²) >= 11 is 0. The van der Waals surface area contributed by atoms with Crippen LogP contribution in [0.15, 0.2) is 59.5 Å². The fraction of sp³-hybridized carbons (Fsp3) is 0.278. The van der Waals surface area contributed by atoms with E-state index in [-0.39, 0.29) is 22.1 Å². The highest BCUT2D eigenvalue weighted by Gasteiger charge is 2.31. The highest BCUT2D eigenvalue weighted by Crippen LogP contribution is 2.23. The number of benzene rings is 2. The smallest absolute Gasteiger partial charge is 0.264 e. The van der Waals surface area contributed by atoms with Crippen molar-refractivity contribution in [3.8, 4) is 0 Å². The van der Waals surface area contributed by atoms with Crippen molar-refractivity contribution in [2.75, 3.05) is 22.4 Å². The van der Waals surface area contributed by atoms with Crippen LogP contribution in [0.25, 0.3) is 0 Å². The quantitative estimate of drug-likeness (QED) is 0.751. The molecule has 1 saturated heterocycles. The molecule has 0 radical (unpaired) electrons. The number of rotatable bonds is 6. The molecule has 2 aromatic rings. The Labute approximate surface area is 163 Å². The molecule has 1 N–H and O–H groups in total. The highest BCUT2D eigenvalue weighted by molar-refractivity contribution is 7.93. The molecule has 0 aliphatic carbocycles. The van der Waals surface area contributed by atoms with Crippen LogP contribution in [0.3, 0.4) is 0 Å². The van der Waals surface area contributed by atoms with Gasteiger partial charge in [-0.3, -0.25) is 9.10 Å². The predicted molar refractivity (Wildman–Crippen MR) is 103 cm³/mol. The topological polar surface area (TPSA) is 101 Å². The van der Waals surface area contributed by atoms with Crippen molar-refractivity contribution >= 4 is 31.5 Å². The molecule has 7 nitrogen and oxygen atoms in total. The first-order valence-electron chi connectivity index (χ1n) is 8.50. The molecule has 0 saturated carbocycles. The predicted octanol–water partition coefficient (Wildman–Crippen LogP) is 1.32. The van der Waals surface area contributed by atoms with Gasteiger partial charge in [-0.15, -0.1) is 0 Å². The number of amides is 1. The monoisotopic (exact) mass is 426 g/mol. The summed E-state index contributed by atoms with van der Waals surface area (Å²) in [6.07, 6.45) is 0.296. The lowest BCUT2D eigenvalue weighted by Crippen LogP contribution is -2.44. The van der Waals surface area contributed by atoms with Gasteiger partial charge in [0.05, 0.1) is 22.1 Å². The van der Waals surface area contributed by atoms with E-state index in [4.69, 9.17) is 0 Å². The molecule has 2 aromatic carbocycles. The number of nitrogens with zero attached hydrogens (tertiary/aromatic N) is 1. The molecule has 0 aromatic heterocycles. The first-order valence-corrected chi connectivity index (χ1v) is 11.8. The highest BCUT2D eigenvalue weighted by atomic mass is 32.2. The number of sulfone groups is 1. The number of hydrogen-bond acceptors (Lipinski definition) is 5. The molecule has 1 atom stereocenters. The van der Waals surface area contributed by atoms with Gasteiger partial charge in [0.2, 0.25) is 5.91 Å². The second kappa shape index (κ2) is 7.88. The molecule has 1 aliphatic rings. The number of carbonyl (C=O) groups is 1. The van der Waals surface area contributed by atoms with Crippen LogP contribution in [-0.4, -0.2) is 46.8 Å². The zero-order chi connectivity index (χ0) is 20.4. The van der Waals surface area contributed by atoms with Crippen molar-refractivity contribution < 1.29 is 26.0 Å². The Kier molecular flexibility index (Phi) is 5.71. The van der Waals surface area contributed by atoms with Crippen molar-refractivity contribution in [1.29, 1.82) is 0 Å². The van der Waals surface area contributed by atoms with Crippen molar-refractivity contribution in [2.24, 2.45) is 0 Å². The zero-order valence-corrected chi connectivity index (χ0v) is 16.4. The van der Waals surface area contributed by atoms with Gasteiger partial charge in [0.25, 0.3) is 10.0 Å². The van der Waals surface area contributed by atoms with Crippen LogP contribution in [0, 0.1) is 5.82 Å². The molecule has 0 unspecified atom stereocenters. The SMILES string of the molecule is O=C(CN(c1ccccc1)S(=O)(=O)c1ccc(F)cc1)N[C@H]1CCS(=O)(=O)C1. The Morgan fingerprint density at radius 2 is 1.75 bits per heavy atom. The maximum absolute atomic E-state index is 13.2. The molecule has 1 aliphatic heterocycles. The van der Waals surface area contributed by atoms with Gasteiger partial charge < -0.3 is 5.32 Å². The Hall–Kier alpha value is -2.46. The molecule has 28 heavy (non-hydrogen) atoms. The molecule has 1 amide bonds. The number of carbonyl (C=O) groups excluding carboxylic acids is 1. The number of anilines is 1. The van der Waals surface area contributed by atoms with Crippen LogP contribution in [0.2, 0.25) is 0 Å².